The van der Waals surface area contributed by atoms with Gasteiger partial charge < -0.3 is 5.73 Å². The van der Waals surface area contributed by atoms with E-state index < -0.39 is 0 Å². The van der Waals surface area contributed by atoms with Crippen molar-refractivity contribution >= 4 is 0 Å². The van der Waals surface area contributed by atoms with Crippen molar-refractivity contribution in [2.75, 3.05) is 6.54 Å². The normalized spacial score (nSPS) is 17.3. The van der Waals surface area contributed by atoms with Gasteiger partial charge in [0, 0.05) is 12.5 Å². The van der Waals surface area contributed by atoms with Crippen LogP contribution in [0.5, 0.6) is 0 Å². The number of H-pyrrole nitrogens is 1. The zero-order valence-electron chi connectivity index (χ0n) is 7.49. The maximum Gasteiger partial charge on any atom is 0.343 e. The predicted octanol–water partition coefficient (Wildman–Crippen LogP) is -0.202. The van der Waals surface area contributed by atoms with Gasteiger partial charge in [0.05, 0.1) is 6.54 Å². The van der Waals surface area contributed by atoms with Crippen molar-refractivity contribution in [1.82, 2.24) is 14.8 Å². The van der Waals surface area contributed by atoms with Gasteiger partial charge in [-0.15, -0.1) is 0 Å². The Balaban J connectivity index is 2.18. The summed E-state index contributed by atoms with van der Waals surface area (Å²) < 4.78 is 1.41. The second-order valence-corrected chi connectivity index (χ2v) is 3.46. The Morgan fingerprint density at radius 1 is 1.62 bits per heavy atom. The highest BCUT2D eigenvalue weighted by atomic mass is 16.1. The quantitative estimate of drug-likeness (QED) is 0.679. The predicted molar refractivity (Wildman–Crippen MR) is 48.5 cm³/mol. The second kappa shape index (κ2) is 3.33. The maximum atomic E-state index is 11.3. The van der Waals surface area contributed by atoms with Crippen LogP contribution < -0.4 is 11.4 Å². The van der Waals surface area contributed by atoms with E-state index in [0.717, 1.165) is 18.7 Å². The van der Waals surface area contributed by atoms with Gasteiger partial charge in [0.1, 0.15) is 5.82 Å². The lowest BCUT2D eigenvalue weighted by Gasteiger charge is -2.22. The summed E-state index contributed by atoms with van der Waals surface area (Å²) in [5.41, 5.74) is 5.22. The molecule has 0 unspecified atom stereocenters. The lowest BCUT2D eigenvalue weighted by atomic mass is 9.85. The molecule has 0 aliphatic heterocycles. The summed E-state index contributed by atoms with van der Waals surface area (Å²) >= 11 is 0. The fourth-order valence-electron chi connectivity index (χ4n) is 1.51. The molecule has 0 spiro atoms. The average Bonchev–Trinajstić information content (AvgIpc) is 2.30. The first-order chi connectivity index (χ1) is 6.31. The molecule has 1 aromatic heterocycles. The van der Waals surface area contributed by atoms with Crippen LogP contribution in [0.2, 0.25) is 0 Å². The third kappa shape index (κ3) is 1.51. The Bertz CT molecular complexity index is 336. The standard InChI is InChI=1S/C8H14N4O/c9-4-5-12-8(13)10-7(11-12)6-2-1-3-6/h6H,1-5,9H2,(H,10,11,13). The van der Waals surface area contributed by atoms with E-state index in [2.05, 4.69) is 10.1 Å². The monoisotopic (exact) mass is 182 g/mol. The molecule has 5 nitrogen and oxygen atoms in total. The highest BCUT2D eigenvalue weighted by molar-refractivity contribution is 4.98. The minimum Gasteiger partial charge on any atom is -0.329 e. The molecule has 1 saturated carbocycles. The number of nitrogens with one attached hydrogen (secondary N) is 1. The minimum atomic E-state index is -0.132. The van der Waals surface area contributed by atoms with Gasteiger partial charge in [-0.25, -0.2) is 9.48 Å². The SMILES string of the molecule is NCCn1nc(C2CCC2)[nH]c1=O. The number of aromatic nitrogens is 3. The molecular weight excluding hydrogens is 168 g/mol. The molecule has 0 saturated heterocycles. The van der Waals surface area contributed by atoms with Crippen molar-refractivity contribution < 1.29 is 0 Å². The van der Waals surface area contributed by atoms with Crippen LogP contribution in [0.3, 0.4) is 0 Å². The molecule has 1 fully saturated rings. The molecule has 1 aliphatic carbocycles. The van der Waals surface area contributed by atoms with Crippen molar-refractivity contribution in [2.24, 2.45) is 5.73 Å². The zero-order valence-corrected chi connectivity index (χ0v) is 7.49. The Morgan fingerprint density at radius 2 is 2.38 bits per heavy atom. The molecule has 1 aliphatic rings. The molecule has 1 aromatic rings. The van der Waals surface area contributed by atoms with Gasteiger partial charge in [-0.05, 0) is 12.8 Å². The molecule has 13 heavy (non-hydrogen) atoms. The molecule has 3 N–H and O–H groups in total. The third-order valence-electron chi connectivity index (χ3n) is 2.53. The molecule has 0 atom stereocenters. The molecule has 0 radical (unpaired) electrons. The molecule has 5 heteroatoms. The van der Waals surface area contributed by atoms with Crippen molar-refractivity contribution in [2.45, 2.75) is 31.7 Å². The summed E-state index contributed by atoms with van der Waals surface area (Å²) in [6.07, 6.45) is 3.54. The lowest BCUT2D eigenvalue weighted by molar-refractivity contribution is 0.398. The largest absolute Gasteiger partial charge is 0.343 e. The Kier molecular flexibility index (Phi) is 2.18. The summed E-state index contributed by atoms with van der Waals surface area (Å²) in [6, 6.07) is 0. The molecule has 0 aromatic carbocycles. The van der Waals surface area contributed by atoms with E-state index in [1.54, 1.807) is 0 Å². The van der Waals surface area contributed by atoms with Crippen LogP contribution >= 0.6 is 0 Å². The first-order valence-electron chi connectivity index (χ1n) is 4.68. The van der Waals surface area contributed by atoms with E-state index in [1.165, 1.54) is 11.1 Å². The van der Waals surface area contributed by atoms with Crippen molar-refractivity contribution in [3.8, 4) is 0 Å². The summed E-state index contributed by atoms with van der Waals surface area (Å²) in [7, 11) is 0. The average molecular weight is 182 g/mol. The molecule has 1 heterocycles. The first kappa shape index (κ1) is 8.50. The van der Waals surface area contributed by atoms with Gasteiger partial charge in [0.2, 0.25) is 0 Å². The van der Waals surface area contributed by atoms with Crippen LogP contribution in [0.15, 0.2) is 4.79 Å². The van der Waals surface area contributed by atoms with Crippen LogP contribution in [0, 0.1) is 0 Å². The summed E-state index contributed by atoms with van der Waals surface area (Å²) in [5, 5.41) is 4.19. The van der Waals surface area contributed by atoms with E-state index >= 15 is 0 Å². The number of aromatic amines is 1. The van der Waals surface area contributed by atoms with E-state index in [4.69, 9.17) is 5.73 Å². The highest BCUT2D eigenvalue weighted by Crippen LogP contribution is 2.33. The van der Waals surface area contributed by atoms with Gasteiger partial charge in [0.15, 0.2) is 0 Å². The summed E-state index contributed by atoms with van der Waals surface area (Å²) in [5.74, 6) is 1.32. The Hall–Kier alpha value is -1.10. The van der Waals surface area contributed by atoms with E-state index in [9.17, 15) is 4.79 Å². The van der Waals surface area contributed by atoms with Crippen molar-refractivity contribution in [3.63, 3.8) is 0 Å². The van der Waals surface area contributed by atoms with Crippen LogP contribution in [-0.2, 0) is 6.54 Å². The maximum absolute atomic E-state index is 11.3. The van der Waals surface area contributed by atoms with Crippen molar-refractivity contribution in [3.05, 3.63) is 16.3 Å². The van der Waals surface area contributed by atoms with Crippen LogP contribution in [-0.4, -0.2) is 21.3 Å². The minimum absolute atomic E-state index is 0.132. The van der Waals surface area contributed by atoms with Crippen LogP contribution in [0.25, 0.3) is 0 Å². The topological polar surface area (TPSA) is 76.7 Å². The molecule has 2 rings (SSSR count). The number of nitrogens with zero attached hydrogens (tertiary/aromatic N) is 2. The Labute approximate surface area is 75.9 Å². The lowest BCUT2D eigenvalue weighted by Crippen LogP contribution is -2.22. The third-order valence-corrected chi connectivity index (χ3v) is 2.53. The molecule has 72 valence electrons. The summed E-state index contributed by atoms with van der Waals surface area (Å²) in [6.45, 7) is 0.955. The Morgan fingerprint density at radius 3 is 2.92 bits per heavy atom. The van der Waals surface area contributed by atoms with Gasteiger partial charge in [0.25, 0.3) is 0 Å². The highest BCUT2D eigenvalue weighted by Gasteiger charge is 2.23. The second-order valence-electron chi connectivity index (χ2n) is 3.46. The first-order valence-corrected chi connectivity index (χ1v) is 4.68. The summed E-state index contributed by atoms with van der Waals surface area (Å²) in [4.78, 5) is 14.0. The number of nitrogens with two attached hydrogens (primary N) is 1. The molecular formula is C8H14N4O. The van der Waals surface area contributed by atoms with E-state index in [1.807, 2.05) is 0 Å². The van der Waals surface area contributed by atoms with Gasteiger partial charge in [-0.2, -0.15) is 5.10 Å². The smallest absolute Gasteiger partial charge is 0.329 e. The van der Waals surface area contributed by atoms with Crippen LogP contribution in [0.4, 0.5) is 0 Å². The number of hydrogen-bond donors (Lipinski definition) is 2. The van der Waals surface area contributed by atoms with Gasteiger partial charge in [-0.3, -0.25) is 4.98 Å². The van der Waals surface area contributed by atoms with Gasteiger partial charge in [-0.1, -0.05) is 6.42 Å². The number of rotatable bonds is 3. The molecule has 0 bridgehead atoms. The number of hydrogen-bond acceptors (Lipinski definition) is 3. The van der Waals surface area contributed by atoms with E-state index in [0.29, 0.717) is 19.0 Å². The van der Waals surface area contributed by atoms with Crippen LogP contribution in [0.1, 0.15) is 31.0 Å². The molecule has 0 amide bonds. The van der Waals surface area contributed by atoms with Crippen molar-refractivity contribution in [1.29, 1.82) is 0 Å². The fraction of sp³-hybridized carbons (Fsp3) is 0.750. The zero-order chi connectivity index (χ0) is 9.26. The van der Waals surface area contributed by atoms with Gasteiger partial charge >= 0.3 is 5.69 Å². The van der Waals surface area contributed by atoms with E-state index in [-0.39, 0.29) is 5.69 Å². The fourth-order valence-corrected chi connectivity index (χ4v) is 1.51.